The van der Waals surface area contributed by atoms with Crippen molar-refractivity contribution in [3.8, 4) is 0 Å². The molecule has 1 amide bonds. The number of aliphatic hydroxyl groups excluding tert-OH is 8. The molecule has 9 N–H and O–H groups in total. The predicted octanol–water partition coefficient (Wildman–Crippen LogP) is 19.9. The van der Waals surface area contributed by atoms with E-state index in [2.05, 4.69) is 67.8 Å². The van der Waals surface area contributed by atoms with E-state index < -0.39 is 86.8 Å². The van der Waals surface area contributed by atoms with Gasteiger partial charge in [0, 0.05) is 6.42 Å². The lowest BCUT2D eigenvalue weighted by Gasteiger charge is -2.46. The van der Waals surface area contributed by atoms with Crippen molar-refractivity contribution in [3.05, 3.63) is 60.8 Å². The van der Waals surface area contributed by atoms with Gasteiger partial charge < -0.3 is 65.1 Å². The van der Waals surface area contributed by atoms with Crippen molar-refractivity contribution < 1.29 is 64.6 Å². The van der Waals surface area contributed by atoms with Crippen LogP contribution < -0.4 is 5.32 Å². The lowest BCUT2D eigenvalue weighted by molar-refractivity contribution is -0.359. The average Bonchev–Trinajstić information content (AvgIpc) is 0.791. The molecule has 2 saturated heterocycles. The summed E-state index contributed by atoms with van der Waals surface area (Å²) in [6.07, 6.45) is 79.0. The zero-order valence-corrected chi connectivity index (χ0v) is 64.5. The SMILES string of the molecule is CCCCCCC/C=C\C/C=C\C/C=C\CCCCCCCCCCCCCCCCCCCCCCCCC(=O)NC(COC1OC(CO)C(OC2OC(CO)C(O)C(O)C2O)C(O)C1O)C(O)/C=C/CC/C=C/CCCCCCCCCCCCCCCCCCCCCCCCC. The van der Waals surface area contributed by atoms with Gasteiger partial charge in [0.1, 0.15) is 48.8 Å². The van der Waals surface area contributed by atoms with Gasteiger partial charge >= 0.3 is 0 Å². The normalized spacial score (nSPS) is 22.1. The van der Waals surface area contributed by atoms with Crippen LogP contribution in [-0.4, -0.2) is 140 Å². The van der Waals surface area contributed by atoms with Crippen LogP contribution in [0.25, 0.3) is 0 Å². The summed E-state index contributed by atoms with van der Waals surface area (Å²) in [4.78, 5) is 13.4. The van der Waals surface area contributed by atoms with Gasteiger partial charge in [-0.05, 0) is 70.6 Å². The topological polar surface area (TPSA) is 228 Å². The molecule has 0 spiro atoms. The first-order chi connectivity index (χ1) is 49.1. The molecule has 12 unspecified atom stereocenters. The van der Waals surface area contributed by atoms with Gasteiger partial charge in [0.15, 0.2) is 12.6 Å². The van der Waals surface area contributed by atoms with Crippen molar-refractivity contribution in [3.63, 3.8) is 0 Å². The van der Waals surface area contributed by atoms with Crippen molar-refractivity contribution >= 4 is 5.91 Å². The third kappa shape index (κ3) is 51.8. The number of ether oxygens (including phenoxy) is 4. The summed E-state index contributed by atoms with van der Waals surface area (Å²) in [5.41, 5.74) is 0. The maximum Gasteiger partial charge on any atom is 0.220 e. The highest BCUT2D eigenvalue weighted by Gasteiger charge is 2.51. The van der Waals surface area contributed by atoms with Gasteiger partial charge in [-0.2, -0.15) is 0 Å². The van der Waals surface area contributed by atoms with E-state index in [1.54, 1.807) is 6.08 Å². The van der Waals surface area contributed by atoms with E-state index in [0.717, 1.165) is 44.9 Å². The van der Waals surface area contributed by atoms with Gasteiger partial charge in [0.05, 0.1) is 32.0 Å². The first kappa shape index (κ1) is 93.8. The number of hydrogen-bond donors (Lipinski definition) is 9. The fraction of sp³-hybridized carbons (Fsp3) is 0.872. The standard InChI is InChI=1S/C86H159NO13/c1-3-5-7-9-11-13-15-17-19-21-23-25-27-29-31-33-34-35-36-37-38-39-40-42-44-46-48-50-52-54-56-58-60-62-64-66-68-70-78(91)87-74(73-97-85-83(96)81(94)84(77(72-89)99-85)100-86-82(95)80(93)79(92)76(71-88)98-86)75(90)69-67-65-63-61-59-57-55-53-51-49-47-45-43-41-32-30-28-26-24-22-20-18-16-14-12-10-8-6-4-2/h15,17,21,23,27,29,59,61,67,69,74-77,79-86,88-90,92-96H,3-14,16,18-20,22,24-26,28,30-58,60,62-66,68,70-73H2,1-2H3,(H,87,91)/b17-15-,23-21-,29-27-,61-59+,69-67+. The van der Waals surface area contributed by atoms with Crippen LogP contribution in [0.5, 0.6) is 0 Å². The highest BCUT2D eigenvalue weighted by molar-refractivity contribution is 5.76. The molecule has 0 radical (unpaired) electrons. The maximum atomic E-state index is 13.4. The second kappa shape index (κ2) is 69.7. The summed E-state index contributed by atoms with van der Waals surface area (Å²) in [5.74, 6) is -0.242. The van der Waals surface area contributed by atoms with Gasteiger partial charge in [-0.25, -0.2) is 0 Å². The number of carbonyl (C=O) groups excluding carboxylic acids is 1. The molecule has 0 saturated carbocycles. The van der Waals surface area contributed by atoms with Crippen LogP contribution in [0.2, 0.25) is 0 Å². The Hall–Kier alpha value is -2.31. The largest absolute Gasteiger partial charge is 0.394 e. The first-order valence-electron chi connectivity index (χ1n) is 42.5. The number of amides is 1. The summed E-state index contributed by atoms with van der Waals surface area (Å²) in [6.45, 7) is 2.83. The van der Waals surface area contributed by atoms with E-state index in [9.17, 15) is 45.6 Å². The van der Waals surface area contributed by atoms with Crippen molar-refractivity contribution in [2.24, 2.45) is 0 Å². The van der Waals surface area contributed by atoms with E-state index >= 15 is 0 Å². The second-order valence-electron chi connectivity index (χ2n) is 30.0. The van der Waals surface area contributed by atoms with Gasteiger partial charge in [0.25, 0.3) is 0 Å². The highest BCUT2D eigenvalue weighted by atomic mass is 16.7. The molecule has 12 atom stereocenters. The van der Waals surface area contributed by atoms with Crippen molar-refractivity contribution in [1.82, 2.24) is 5.32 Å². The van der Waals surface area contributed by atoms with Crippen molar-refractivity contribution in [2.45, 2.75) is 460 Å². The molecule has 14 nitrogen and oxygen atoms in total. The molecular weight excluding hydrogens is 1250 g/mol. The highest BCUT2D eigenvalue weighted by Crippen LogP contribution is 2.30. The zero-order valence-electron chi connectivity index (χ0n) is 64.5. The molecule has 0 aromatic heterocycles. The number of unbranched alkanes of at least 4 members (excludes halogenated alkanes) is 51. The summed E-state index contributed by atoms with van der Waals surface area (Å²) in [5, 5.41) is 87.7. The number of allylic oxidation sites excluding steroid dienone is 9. The Morgan fingerprint density at radius 1 is 0.360 bits per heavy atom. The summed E-state index contributed by atoms with van der Waals surface area (Å²) in [7, 11) is 0. The number of aliphatic hydroxyl groups is 8. The monoisotopic (exact) mass is 1410 g/mol. The Labute approximate surface area is 613 Å². The molecule has 2 aliphatic rings. The summed E-state index contributed by atoms with van der Waals surface area (Å²) in [6, 6.07) is -0.934. The van der Waals surface area contributed by atoms with E-state index in [4.69, 9.17) is 18.9 Å². The van der Waals surface area contributed by atoms with E-state index in [0.29, 0.717) is 12.8 Å². The molecule has 14 heteroatoms. The van der Waals surface area contributed by atoms with Gasteiger partial charge in [0.2, 0.25) is 5.91 Å². The Balaban J connectivity index is 1.59. The van der Waals surface area contributed by atoms with E-state index in [1.165, 1.54) is 308 Å². The molecule has 0 bridgehead atoms. The van der Waals surface area contributed by atoms with Crippen LogP contribution in [-0.2, 0) is 23.7 Å². The number of nitrogens with one attached hydrogen (secondary N) is 1. The van der Waals surface area contributed by atoms with Crippen LogP contribution in [0, 0.1) is 0 Å². The number of hydrogen-bond acceptors (Lipinski definition) is 13. The molecule has 2 rings (SSSR count). The van der Waals surface area contributed by atoms with Crippen molar-refractivity contribution in [2.75, 3.05) is 19.8 Å². The minimum absolute atomic E-state index is 0.242. The average molecular weight is 1420 g/mol. The lowest BCUT2D eigenvalue weighted by Crippen LogP contribution is -2.65. The molecule has 0 aromatic carbocycles. The Bertz CT molecular complexity index is 1910. The molecular formula is C86H159NO13. The van der Waals surface area contributed by atoms with Gasteiger partial charge in [-0.15, -0.1) is 0 Å². The minimum Gasteiger partial charge on any atom is -0.394 e. The maximum absolute atomic E-state index is 13.4. The first-order valence-corrected chi connectivity index (χ1v) is 42.5. The van der Waals surface area contributed by atoms with Crippen LogP contribution in [0.1, 0.15) is 386 Å². The van der Waals surface area contributed by atoms with Crippen LogP contribution in [0.4, 0.5) is 0 Å². The fourth-order valence-electron chi connectivity index (χ4n) is 14.0. The molecule has 0 aliphatic carbocycles. The Morgan fingerprint density at radius 3 is 1.05 bits per heavy atom. The fourth-order valence-corrected chi connectivity index (χ4v) is 14.0. The Morgan fingerprint density at radius 2 is 0.670 bits per heavy atom. The molecule has 2 fully saturated rings. The Kier molecular flexibility index (Phi) is 65.4. The van der Waals surface area contributed by atoms with Gasteiger partial charge in [-0.3, -0.25) is 4.79 Å². The minimum atomic E-state index is -1.79. The number of carbonyl (C=O) groups is 1. The molecule has 2 heterocycles. The molecule has 0 aromatic rings. The molecule has 2 aliphatic heterocycles. The molecule has 100 heavy (non-hydrogen) atoms. The van der Waals surface area contributed by atoms with Crippen LogP contribution in [0.15, 0.2) is 60.8 Å². The second-order valence-corrected chi connectivity index (χ2v) is 30.0. The lowest BCUT2D eigenvalue weighted by atomic mass is 9.97. The summed E-state index contributed by atoms with van der Waals surface area (Å²) < 4.78 is 22.9. The third-order valence-corrected chi connectivity index (χ3v) is 20.7. The zero-order chi connectivity index (χ0) is 72.2. The third-order valence-electron chi connectivity index (χ3n) is 20.7. The molecule has 586 valence electrons. The van der Waals surface area contributed by atoms with Crippen LogP contribution in [0.3, 0.4) is 0 Å². The van der Waals surface area contributed by atoms with E-state index in [-0.39, 0.29) is 18.9 Å². The van der Waals surface area contributed by atoms with E-state index in [1.807, 2.05) is 6.08 Å². The van der Waals surface area contributed by atoms with Crippen molar-refractivity contribution in [1.29, 1.82) is 0 Å². The van der Waals surface area contributed by atoms with Crippen LogP contribution >= 0.6 is 0 Å². The van der Waals surface area contributed by atoms with Gasteiger partial charge in [-0.1, -0.05) is 370 Å². The smallest absolute Gasteiger partial charge is 0.220 e. The number of rotatable bonds is 72. The summed E-state index contributed by atoms with van der Waals surface area (Å²) >= 11 is 0. The quantitative estimate of drug-likeness (QED) is 0.0204. The predicted molar refractivity (Wildman–Crippen MR) is 415 cm³/mol.